The van der Waals surface area contributed by atoms with Crippen LogP contribution in [0.1, 0.15) is 12.8 Å². The number of carbonyl (C=O) groups excluding carboxylic acids is 1. The van der Waals surface area contributed by atoms with Crippen molar-refractivity contribution in [1.82, 2.24) is 5.32 Å². The minimum Gasteiger partial charge on any atom is -0.453 e. The Bertz CT molecular complexity index is 766. The first-order valence-electron chi connectivity index (χ1n) is 11.9. The van der Waals surface area contributed by atoms with Crippen molar-refractivity contribution >= 4 is 6.09 Å². The fourth-order valence-electron chi connectivity index (χ4n) is 4.76. The predicted octanol–water partition coefficient (Wildman–Crippen LogP) is -6.61. The van der Waals surface area contributed by atoms with Crippen molar-refractivity contribution in [3.05, 3.63) is 0 Å². The Morgan fingerprint density at radius 2 is 1.62 bits per heavy atom. The number of hydrogen-bond donors (Lipinski definition) is 11. The molecule has 37 heavy (non-hydrogen) atoms. The molecule has 3 fully saturated rings. The lowest BCUT2D eigenvalue weighted by Gasteiger charge is -2.48. The lowest BCUT2D eigenvalue weighted by atomic mass is 9.84. The molecule has 2 saturated heterocycles. The quantitative estimate of drug-likeness (QED) is 0.134. The Morgan fingerprint density at radius 1 is 1.00 bits per heavy atom. The van der Waals surface area contributed by atoms with E-state index in [1.807, 2.05) is 0 Å². The predicted molar refractivity (Wildman–Crippen MR) is 123 cm³/mol. The second-order valence-corrected chi connectivity index (χ2v) is 9.71. The summed E-state index contributed by atoms with van der Waals surface area (Å²) < 4.78 is 27.4. The number of methoxy groups -OCH3 is 1. The lowest BCUT2D eigenvalue weighted by molar-refractivity contribution is -0.316. The Morgan fingerprint density at radius 3 is 2.22 bits per heavy atom. The van der Waals surface area contributed by atoms with Crippen LogP contribution in [-0.2, 0) is 23.7 Å². The summed E-state index contributed by atoms with van der Waals surface area (Å²) in [5.74, 6) is 0. The molecule has 0 aromatic rings. The molecule has 0 unspecified atom stereocenters. The molecule has 17 heteroatoms. The summed E-state index contributed by atoms with van der Waals surface area (Å²) in [6.07, 6.45) is -13.8. The van der Waals surface area contributed by atoms with E-state index in [1.165, 1.54) is 0 Å². The van der Waals surface area contributed by atoms with Gasteiger partial charge in [-0.05, 0) is 6.42 Å². The normalized spacial score (nSPS) is 48.9. The van der Waals surface area contributed by atoms with E-state index in [9.17, 15) is 30.3 Å². The zero-order valence-corrected chi connectivity index (χ0v) is 20.4. The van der Waals surface area contributed by atoms with Gasteiger partial charge in [-0.2, -0.15) is 0 Å². The SMILES string of the molecule is COC(=O)NC[C@H]1O[C@H](O[C@@H]2[C@@H](O)[C@H](O[C@H]3O[C@H](CN)[C@@H](O)[C@H](O)[C@H]3N)[C@@H](N)C[C@H]2N)C[C@@](N)(O)[C@@H]1O. The maximum Gasteiger partial charge on any atom is 0.406 e. The minimum atomic E-state index is -2.15. The van der Waals surface area contributed by atoms with Gasteiger partial charge < -0.3 is 83.2 Å². The maximum atomic E-state index is 11.4. The molecule has 0 radical (unpaired) electrons. The van der Waals surface area contributed by atoms with Crippen molar-refractivity contribution < 1.29 is 54.0 Å². The van der Waals surface area contributed by atoms with Gasteiger partial charge in [0.1, 0.15) is 54.6 Å². The third-order valence-corrected chi connectivity index (χ3v) is 6.96. The number of nitrogens with two attached hydrogens (primary N) is 5. The summed E-state index contributed by atoms with van der Waals surface area (Å²) in [4.78, 5) is 11.4. The molecular formula is C20H40N6O11. The van der Waals surface area contributed by atoms with Gasteiger partial charge in [0.25, 0.3) is 0 Å². The Balaban J connectivity index is 1.70. The first kappa shape index (κ1) is 30.3. The van der Waals surface area contributed by atoms with E-state index < -0.39 is 97.8 Å². The molecule has 0 spiro atoms. The second kappa shape index (κ2) is 12.3. The number of nitrogens with one attached hydrogen (secondary N) is 1. The van der Waals surface area contributed by atoms with Crippen molar-refractivity contribution in [1.29, 1.82) is 0 Å². The molecule has 16 N–H and O–H groups in total. The van der Waals surface area contributed by atoms with Gasteiger partial charge in [-0.3, -0.25) is 0 Å². The van der Waals surface area contributed by atoms with Crippen LogP contribution in [-0.4, -0.2) is 137 Å². The van der Waals surface area contributed by atoms with Gasteiger partial charge in [0.2, 0.25) is 0 Å². The first-order valence-corrected chi connectivity index (χ1v) is 11.9. The molecule has 3 rings (SSSR count). The monoisotopic (exact) mass is 540 g/mol. The molecular weight excluding hydrogens is 500 g/mol. The molecule has 1 saturated carbocycles. The third kappa shape index (κ3) is 6.65. The molecule has 14 atom stereocenters. The second-order valence-electron chi connectivity index (χ2n) is 9.71. The summed E-state index contributed by atoms with van der Waals surface area (Å²) in [7, 11) is 1.15. The van der Waals surface area contributed by atoms with Crippen LogP contribution in [0.15, 0.2) is 0 Å². The minimum absolute atomic E-state index is 0.120. The van der Waals surface area contributed by atoms with Crippen LogP contribution in [0.25, 0.3) is 0 Å². The topological polar surface area (TPSA) is 307 Å². The Labute approximate surface area is 213 Å². The average molecular weight is 541 g/mol. The largest absolute Gasteiger partial charge is 0.453 e. The van der Waals surface area contributed by atoms with Gasteiger partial charge in [-0.15, -0.1) is 0 Å². The van der Waals surface area contributed by atoms with Crippen molar-refractivity contribution in [3.63, 3.8) is 0 Å². The average Bonchev–Trinajstić information content (AvgIpc) is 2.84. The smallest absolute Gasteiger partial charge is 0.406 e. The number of aliphatic hydroxyl groups is 5. The fourth-order valence-corrected chi connectivity index (χ4v) is 4.76. The number of hydrogen-bond acceptors (Lipinski definition) is 16. The first-order chi connectivity index (χ1) is 17.3. The van der Waals surface area contributed by atoms with Crippen LogP contribution in [0.2, 0.25) is 0 Å². The molecule has 0 bridgehead atoms. The summed E-state index contributed by atoms with van der Waals surface area (Å²) >= 11 is 0. The highest BCUT2D eigenvalue weighted by Crippen LogP contribution is 2.32. The molecule has 1 amide bonds. The van der Waals surface area contributed by atoms with E-state index in [-0.39, 0.29) is 19.5 Å². The van der Waals surface area contributed by atoms with E-state index in [1.54, 1.807) is 0 Å². The maximum absolute atomic E-state index is 11.4. The number of ether oxygens (including phenoxy) is 5. The van der Waals surface area contributed by atoms with Crippen molar-refractivity contribution in [2.24, 2.45) is 28.7 Å². The highest BCUT2D eigenvalue weighted by Gasteiger charge is 2.51. The van der Waals surface area contributed by atoms with Crippen molar-refractivity contribution in [3.8, 4) is 0 Å². The number of carbonyl (C=O) groups is 1. The van der Waals surface area contributed by atoms with E-state index in [2.05, 4.69) is 10.1 Å². The van der Waals surface area contributed by atoms with Crippen molar-refractivity contribution in [2.45, 2.75) is 98.1 Å². The van der Waals surface area contributed by atoms with Crippen LogP contribution in [0.3, 0.4) is 0 Å². The number of aliphatic hydroxyl groups excluding tert-OH is 4. The standard InChI is InChI=1S/C20H40N6O11/c1-33-19(31)26-5-9-17(30)20(25,32)3-10(34-9)36-15-6(22)2-7(23)16(14(15)29)37-18-11(24)13(28)12(27)8(4-21)35-18/h6-18,27-30,32H,2-5,21-25H2,1H3,(H,26,31)/t6-,7+,8-,9-,10-,11-,12-,13-,14-,15+,16-,17-,18-,20-/m1/s1. The molecule has 2 heterocycles. The van der Waals surface area contributed by atoms with Gasteiger partial charge in [0, 0.05) is 31.6 Å². The van der Waals surface area contributed by atoms with E-state index in [4.69, 9.17) is 47.6 Å². The van der Waals surface area contributed by atoms with Gasteiger partial charge in [0.15, 0.2) is 12.6 Å². The van der Waals surface area contributed by atoms with Gasteiger partial charge in [0.05, 0.1) is 13.2 Å². The van der Waals surface area contributed by atoms with Gasteiger partial charge in [-0.1, -0.05) is 0 Å². The molecule has 0 aromatic carbocycles. The molecule has 2 aliphatic heterocycles. The van der Waals surface area contributed by atoms with Crippen LogP contribution < -0.4 is 34.0 Å². The van der Waals surface area contributed by atoms with Crippen LogP contribution >= 0.6 is 0 Å². The van der Waals surface area contributed by atoms with Gasteiger partial charge in [-0.25, -0.2) is 4.79 Å². The summed E-state index contributed by atoms with van der Waals surface area (Å²) in [6, 6.07) is -2.77. The highest BCUT2D eigenvalue weighted by atomic mass is 16.7. The summed E-state index contributed by atoms with van der Waals surface area (Å²) in [5.41, 5.74) is 27.6. The van der Waals surface area contributed by atoms with E-state index >= 15 is 0 Å². The van der Waals surface area contributed by atoms with Gasteiger partial charge >= 0.3 is 6.09 Å². The molecule has 0 aromatic heterocycles. The number of amides is 1. The van der Waals surface area contributed by atoms with Crippen molar-refractivity contribution in [2.75, 3.05) is 20.2 Å². The number of alkyl carbamates (subject to hydrolysis) is 1. The third-order valence-electron chi connectivity index (χ3n) is 6.96. The summed E-state index contributed by atoms with van der Waals surface area (Å²) in [5, 5.41) is 54.6. The molecule has 216 valence electrons. The van der Waals surface area contributed by atoms with E-state index in [0.717, 1.165) is 7.11 Å². The fraction of sp³-hybridized carbons (Fsp3) is 0.950. The zero-order chi connectivity index (χ0) is 27.7. The molecule has 3 aliphatic rings. The van der Waals surface area contributed by atoms with Crippen LogP contribution in [0.5, 0.6) is 0 Å². The number of rotatable bonds is 7. The van der Waals surface area contributed by atoms with Crippen LogP contribution in [0, 0.1) is 0 Å². The molecule has 1 aliphatic carbocycles. The van der Waals surface area contributed by atoms with E-state index in [0.29, 0.717) is 0 Å². The summed E-state index contributed by atoms with van der Waals surface area (Å²) in [6.45, 7) is -0.393. The molecule has 17 nitrogen and oxygen atoms in total. The highest BCUT2D eigenvalue weighted by molar-refractivity contribution is 5.66. The Kier molecular flexibility index (Phi) is 10.0. The lowest BCUT2D eigenvalue weighted by Crippen LogP contribution is -2.69. The Hall–Kier alpha value is -1.29. The zero-order valence-electron chi connectivity index (χ0n) is 20.4. The van der Waals surface area contributed by atoms with Crippen LogP contribution in [0.4, 0.5) is 4.79 Å².